The van der Waals surface area contributed by atoms with Crippen LogP contribution in [0, 0.1) is 0 Å². The molecule has 5 atom stereocenters. The number of hydrogen-bond donors (Lipinski definition) is 2. The summed E-state index contributed by atoms with van der Waals surface area (Å²) in [7, 11) is -3.46. The highest BCUT2D eigenvalue weighted by molar-refractivity contribution is 9.11. The van der Waals surface area contributed by atoms with E-state index in [4.69, 9.17) is 0 Å². The average Bonchev–Trinajstić information content (AvgIpc) is 3.16. The fourth-order valence-electron chi connectivity index (χ4n) is 4.64. The van der Waals surface area contributed by atoms with Gasteiger partial charge in [0.1, 0.15) is 11.0 Å². The molecule has 0 aromatic heterocycles. The van der Waals surface area contributed by atoms with Gasteiger partial charge in [-0.3, -0.25) is 0 Å². The summed E-state index contributed by atoms with van der Waals surface area (Å²) < 4.78 is 49.3. The fraction of sp³-hybridized carbons (Fsp3) is 0.311. The molecule has 0 bridgehead atoms. The Hall–Kier alpha value is -2.42. The highest BCUT2D eigenvalue weighted by Crippen LogP contribution is 2.27. The summed E-state index contributed by atoms with van der Waals surface area (Å²) in [5.41, 5.74) is 5.37. The van der Waals surface area contributed by atoms with Gasteiger partial charge < -0.3 is 0 Å². The molecular formula is C45H54Br3N3O3S3. The van der Waals surface area contributed by atoms with E-state index in [1.807, 2.05) is 147 Å². The highest BCUT2D eigenvalue weighted by Gasteiger charge is 2.26. The van der Waals surface area contributed by atoms with Crippen molar-refractivity contribution in [1.29, 1.82) is 0 Å². The molecule has 0 unspecified atom stereocenters. The minimum absolute atomic E-state index is 0.0839. The number of nitrogens with one attached hydrogen (secondary N) is 2. The molecule has 0 amide bonds. The molecule has 0 heterocycles. The van der Waals surface area contributed by atoms with Crippen molar-refractivity contribution in [3.63, 3.8) is 0 Å². The third kappa shape index (κ3) is 17.4. The largest absolute Gasteiger partial charge is 0.242 e. The molecule has 12 heteroatoms. The molecule has 0 spiro atoms. The second kappa shape index (κ2) is 22.8. The third-order valence-corrected chi connectivity index (χ3v) is 14.0. The van der Waals surface area contributed by atoms with Crippen LogP contribution in [-0.4, -0.2) is 33.1 Å². The number of halogens is 3. The van der Waals surface area contributed by atoms with E-state index in [0.717, 1.165) is 41.2 Å². The molecule has 0 fully saturated rings. The maximum Gasteiger partial charge on any atom is 0.144 e. The first-order valence-electron chi connectivity index (χ1n) is 18.3. The lowest BCUT2D eigenvalue weighted by Crippen LogP contribution is -2.36. The van der Waals surface area contributed by atoms with Crippen LogP contribution in [0.15, 0.2) is 151 Å². The molecule has 57 heavy (non-hydrogen) atoms. The zero-order valence-corrected chi connectivity index (χ0v) is 41.2. The van der Waals surface area contributed by atoms with Crippen LogP contribution >= 0.6 is 47.8 Å². The SMILES string of the molecule is CC(C)(C)[S@](=O)N=Cc1ccc(Br)cc1.CC(C)(C)[S@](=O)N[C@@H](c1ccccc1)c1ccc(Br)cc1.CC(C)(C)[S@](=O)N[C@H](c1ccccc1)c1ccc(Br)cc1. The average molecular weight is 1020 g/mol. The van der Waals surface area contributed by atoms with Crippen molar-refractivity contribution in [3.8, 4) is 0 Å². The van der Waals surface area contributed by atoms with Gasteiger partial charge in [0.25, 0.3) is 0 Å². The fourth-order valence-corrected chi connectivity index (χ4v) is 7.65. The van der Waals surface area contributed by atoms with Gasteiger partial charge in [0.15, 0.2) is 0 Å². The zero-order chi connectivity index (χ0) is 42.4. The first kappa shape index (κ1) is 48.9. The van der Waals surface area contributed by atoms with Crippen molar-refractivity contribution in [2.75, 3.05) is 0 Å². The lowest BCUT2D eigenvalue weighted by Gasteiger charge is -2.25. The summed E-state index contributed by atoms with van der Waals surface area (Å²) >= 11 is 10.3. The van der Waals surface area contributed by atoms with Crippen molar-refractivity contribution < 1.29 is 12.6 Å². The number of hydrogen-bond acceptors (Lipinski definition) is 3. The zero-order valence-electron chi connectivity index (χ0n) is 34.0. The van der Waals surface area contributed by atoms with E-state index in [0.29, 0.717) is 0 Å². The molecule has 306 valence electrons. The van der Waals surface area contributed by atoms with Gasteiger partial charge in [-0.15, -0.1) is 0 Å². The molecular weight excluding hydrogens is 966 g/mol. The topological polar surface area (TPSA) is 87.6 Å². The smallest absolute Gasteiger partial charge is 0.144 e. The number of benzene rings is 5. The Morgan fingerprint density at radius 1 is 0.456 bits per heavy atom. The summed E-state index contributed by atoms with van der Waals surface area (Å²) in [5, 5.41) is 0. The Labute approximate surface area is 373 Å². The second-order valence-electron chi connectivity index (χ2n) is 15.9. The molecule has 5 aromatic carbocycles. The quantitative estimate of drug-likeness (QED) is 0.137. The summed E-state index contributed by atoms with van der Waals surface area (Å²) in [6.45, 7) is 17.5. The first-order chi connectivity index (χ1) is 26.6. The van der Waals surface area contributed by atoms with E-state index >= 15 is 0 Å². The lowest BCUT2D eigenvalue weighted by atomic mass is 10.00. The maximum atomic E-state index is 12.5. The summed E-state index contributed by atoms with van der Waals surface area (Å²) in [4.78, 5) is 0. The van der Waals surface area contributed by atoms with E-state index in [-0.39, 0.29) is 26.3 Å². The Balaban J connectivity index is 0.000000233. The Kier molecular flexibility index (Phi) is 19.6. The molecule has 6 nitrogen and oxygen atoms in total. The summed E-state index contributed by atoms with van der Waals surface area (Å²) in [5.74, 6) is 0. The van der Waals surface area contributed by atoms with Crippen LogP contribution in [0.3, 0.4) is 0 Å². The molecule has 0 radical (unpaired) electrons. The molecule has 0 aliphatic carbocycles. The van der Waals surface area contributed by atoms with Gasteiger partial charge >= 0.3 is 0 Å². The van der Waals surface area contributed by atoms with Crippen LogP contribution < -0.4 is 9.44 Å². The lowest BCUT2D eigenvalue weighted by molar-refractivity contribution is 0.623. The summed E-state index contributed by atoms with van der Waals surface area (Å²) in [6.07, 6.45) is 1.65. The minimum atomic E-state index is -1.19. The Morgan fingerprint density at radius 3 is 1.05 bits per heavy atom. The van der Waals surface area contributed by atoms with Gasteiger partial charge in [0.05, 0.1) is 48.3 Å². The predicted octanol–water partition coefficient (Wildman–Crippen LogP) is 12.5. The maximum absolute atomic E-state index is 12.5. The van der Waals surface area contributed by atoms with E-state index in [2.05, 4.69) is 110 Å². The van der Waals surface area contributed by atoms with E-state index < -0.39 is 33.0 Å². The number of nitrogens with zero attached hydrogens (tertiary/aromatic N) is 1. The van der Waals surface area contributed by atoms with Crippen LogP contribution in [0.25, 0.3) is 0 Å². The first-order valence-corrected chi connectivity index (χ1v) is 24.1. The van der Waals surface area contributed by atoms with Gasteiger partial charge in [-0.2, -0.15) is 4.40 Å². The molecule has 0 saturated carbocycles. The molecule has 0 aliphatic rings. The summed E-state index contributed by atoms with van der Waals surface area (Å²) in [6, 6.07) is 44.0. The normalized spacial score (nSPS) is 14.6. The highest BCUT2D eigenvalue weighted by atomic mass is 79.9. The number of rotatable bonds is 10. The standard InChI is InChI=1S/2C17H20BrNOS.C11H14BrNOS/c2*1-17(2,3)21(20)19-16(13-7-5-4-6-8-13)14-9-11-15(18)12-10-14;1-11(2,3)15(14)13-8-9-4-6-10(12)7-5-9/h2*4-12,16,19H,1-3H3;4-8H,1-3H3/t16-,21+;16-,21-;15-/m100/s1. The van der Waals surface area contributed by atoms with Crippen LogP contribution in [0.2, 0.25) is 0 Å². The molecule has 5 aromatic rings. The van der Waals surface area contributed by atoms with Crippen LogP contribution in [0.1, 0.15) is 102 Å². The van der Waals surface area contributed by atoms with Gasteiger partial charge in [0, 0.05) is 19.6 Å². The molecule has 5 rings (SSSR count). The van der Waals surface area contributed by atoms with Crippen molar-refractivity contribution in [2.24, 2.45) is 4.40 Å². The Morgan fingerprint density at radius 2 is 0.754 bits per heavy atom. The van der Waals surface area contributed by atoms with Gasteiger partial charge in [0.2, 0.25) is 0 Å². The van der Waals surface area contributed by atoms with Crippen LogP contribution in [-0.2, 0) is 33.0 Å². The molecule has 0 aliphatic heterocycles. The van der Waals surface area contributed by atoms with Gasteiger partial charge in [-0.25, -0.2) is 22.1 Å². The van der Waals surface area contributed by atoms with Crippen molar-refractivity contribution in [2.45, 2.75) is 88.6 Å². The molecule has 2 N–H and O–H groups in total. The minimum Gasteiger partial charge on any atom is -0.242 e. The predicted molar refractivity (Wildman–Crippen MR) is 257 cm³/mol. The molecule has 0 saturated heterocycles. The third-order valence-electron chi connectivity index (χ3n) is 7.93. The van der Waals surface area contributed by atoms with Crippen molar-refractivity contribution in [3.05, 3.63) is 175 Å². The van der Waals surface area contributed by atoms with E-state index in [9.17, 15) is 12.6 Å². The monoisotopic (exact) mass is 1020 g/mol. The van der Waals surface area contributed by atoms with Crippen LogP contribution in [0.4, 0.5) is 0 Å². The van der Waals surface area contributed by atoms with Crippen molar-refractivity contribution >= 4 is 87.0 Å². The van der Waals surface area contributed by atoms with Crippen molar-refractivity contribution in [1.82, 2.24) is 9.44 Å². The second-order valence-corrected chi connectivity index (χ2v) is 24.6. The van der Waals surface area contributed by atoms with Gasteiger partial charge in [-0.1, -0.05) is 145 Å². The van der Waals surface area contributed by atoms with Crippen LogP contribution in [0.5, 0.6) is 0 Å². The van der Waals surface area contributed by atoms with Gasteiger partial charge in [-0.05, 0) is 127 Å². The van der Waals surface area contributed by atoms with E-state index in [1.165, 1.54) is 0 Å². The Bertz CT molecular complexity index is 1950. The van der Waals surface area contributed by atoms with E-state index in [1.54, 1.807) is 6.21 Å².